The first-order chi connectivity index (χ1) is 19.9. The second kappa shape index (κ2) is 9.07. The fourth-order valence-corrected chi connectivity index (χ4v) is 5.92. The highest BCUT2D eigenvalue weighted by Crippen LogP contribution is 2.40. The van der Waals surface area contributed by atoms with E-state index in [1.165, 1.54) is 16.5 Å². The Kier molecular flexibility index (Phi) is 5.10. The molecule has 0 saturated carbocycles. The third kappa shape index (κ3) is 3.40. The molecular weight excluding hydrogens is 488 g/mol. The Hall–Kier alpha value is -5.48. The Morgan fingerprint density at radius 3 is 1.98 bits per heavy atom. The van der Waals surface area contributed by atoms with E-state index in [1.807, 2.05) is 24.5 Å². The van der Waals surface area contributed by atoms with Gasteiger partial charge < -0.3 is 4.57 Å². The van der Waals surface area contributed by atoms with Crippen molar-refractivity contribution < 1.29 is 0 Å². The Bertz CT molecular complexity index is 2140. The van der Waals surface area contributed by atoms with Crippen LogP contribution < -0.4 is 0 Å². The zero-order chi connectivity index (χ0) is 26.5. The molecule has 0 bridgehead atoms. The van der Waals surface area contributed by atoms with Crippen LogP contribution >= 0.6 is 0 Å². The monoisotopic (exact) mass is 512 g/mol. The zero-order valence-corrected chi connectivity index (χ0v) is 21.6. The van der Waals surface area contributed by atoms with Crippen LogP contribution in [0.25, 0.3) is 66.7 Å². The van der Waals surface area contributed by atoms with Crippen molar-refractivity contribution in [3.63, 3.8) is 0 Å². The molecule has 0 N–H and O–H groups in total. The van der Waals surface area contributed by atoms with Gasteiger partial charge in [0.25, 0.3) is 0 Å². The fraction of sp³-hybridized carbons (Fsp3) is 0. The standard InChI is InChI=1S/C36H24N4/c1-3-11-25(12-4-1)28-15-7-9-17-30(28)40-33-20-19-32-34(35(33)38-36(40)26-21-23-37-24-22-26)29-16-8-10-18-31(29)39(32)27-13-5-2-6-14-27/h1-24H. The molecular formula is C36H24N4. The predicted octanol–water partition coefficient (Wildman–Crippen LogP) is 8.85. The lowest BCUT2D eigenvalue weighted by atomic mass is 10.0. The van der Waals surface area contributed by atoms with Crippen LogP contribution in [0.3, 0.4) is 0 Å². The molecule has 0 unspecified atom stereocenters. The zero-order valence-electron chi connectivity index (χ0n) is 21.6. The van der Waals surface area contributed by atoms with Crippen LogP contribution in [0.4, 0.5) is 0 Å². The van der Waals surface area contributed by atoms with Crippen LogP contribution in [0.2, 0.25) is 0 Å². The molecule has 4 heteroatoms. The van der Waals surface area contributed by atoms with Crippen LogP contribution in [0, 0.1) is 0 Å². The van der Waals surface area contributed by atoms with Crippen molar-refractivity contribution in [2.45, 2.75) is 0 Å². The van der Waals surface area contributed by atoms with E-state index in [9.17, 15) is 0 Å². The van der Waals surface area contributed by atoms with Gasteiger partial charge in [0.15, 0.2) is 0 Å². The summed E-state index contributed by atoms with van der Waals surface area (Å²) in [4.78, 5) is 9.68. The van der Waals surface area contributed by atoms with Gasteiger partial charge in [0, 0.05) is 40.0 Å². The summed E-state index contributed by atoms with van der Waals surface area (Å²) in [6.07, 6.45) is 3.66. The largest absolute Gasteiger partial charge is 0.309 e. The molecule has 188 valence electrons. The minimum Gasteiger partial charge on any atom is -0.309 e. The van der Waals surface area contributed by atoms with Gasteiger partial charge in [-0.15, -0.1) is 0 Å². The summed E-state index contributed by atoms with van der Waals surface area (Å²) in [6, 6.07) is 46.8. The number of rotatable bonds is 4. The average Bonchev–Trinajstić information content (AvgIpc) is 3.58. The molecule has 0 aliphatic rings. The molecule has 0 aliphatic heterocycles. The predicted molar refractivity (Wildman–Crippen MR) is 164 cm³/mol. The maximum atomic E-state index is 5.40. The minimum atomic E-state index is 0.893. The maximum Gasteiger partial charge on any atom is 0.145 e. The van der Waals surface area contributed by atoms with Gasteiger partial charge in [0.05, 0.1) is 27.8 Å². The first-order valence-electron chi connectivity index (χ1n) is 13.4. The first-order valence-corrected chi connectivity index (χ1v) is 13.4. The summed E-state index contributed by atoms with van der Waals surface area (Å²) in [6.45, 7) is 0. The summed E-state index contributed by atoms with van der Waals surface area (Å²) in [5.41, 5.74) is 9.94. The molecule has 0 amide bonds. The summed E-state index contributed by atoms with van der Waals surface area (Å²) >= 11 is 0. The average molecular weight is 513 g/mol. The van der Waals surface area contributed by atoms with Crippen LogP contribution in [-0.2, 0) is 0 Å². The molecule has 0 fully saturated rings. The quantitative estimate of drug-likeness (QED) is 0.236. The summed E-state index contributed by atoms with van der Waals surface area (Å²) in [5, 5.41) is 2.34. The number of imidazole rings is 1. The highest BCUT2D eigenvalue weighted by atomic mass is 15.1. The van der Waals surface area contributed by atoms with E-state index in [4.69, 9.17) is 4.98 Å². The van der Waals surface area contributed by atoms with Crippen molar-refractivity contribution in [2.24, 2.45) is 0 Å². The Balaban J connectivity index is 1.52. The number of benzene rings is 5. The van der Waals surface area contributed by atoms with Crippen molar-refractivity contribution in [1.82, 2.24) is 19.1 Å². The SMILES string of the molecule is c1ccc(-c2ccccc2-n2c(-c3ccncc3)nc3c4c5ccccc5n(-c5ccccc5)c4ccc32)cc1. The van der Waals surface area contributed by atoms with Crippen molar-refractivity contribution in [3.8, 4) is 33.9 Å². The van der Waals surface area contributed by atoms with Crippen LogP contribution in [0.5, 0.6) is 0 Å². The third-order valence-corrected chi connectivity index (χ3v) is 7.64. The smallest absolute Gasteiger partial charge is 0.145 e. The molecule has 0 radical (unpaired) electrons. The summed E-state index contributed by atoms with van der Waals surface area (Å²) in [7, 11) is 0. The molecule has 8 rings (SSSR count). The van der Waals surface area contributed by atoms with Crippen molar-refractivity contribution in [1.29, 1.82) is 0 Å². The number of nitrogens with zero attached hydrogens (tertiary/aromatic N) is 4. The second-order valence-electron chi connectivity index (χ2n) is 9.91. The lowest BCUT2D eigenvalue weighted by Gasteiger charge is -2.15. The third-order valence-electron chi connectivity index (χ3n) is 7.64. The fourth-order valence-electron chi connectivity index (χ4n) is 5.92. The maximum absolute atomic E-state index is 5.40. The van der Waals surface area contributed by atoms with Crippen LogP contribution in [0.1, 0.15) is 0 Å². The van der Waals surface area contributed by atoms with Gasteiger partial charge in [-0.3, -0.25) is 9.55 Å². The topological polar surface area (TPSA) is 35.6 Å². The van der Waals surface area contributed by atoms with Gasteiger partial charge >= 0.3 is 0 Å². The number of aromatic nitrogens is 4. The van der Waals surface area contributed by atoms with E-state index in [-0.39, 0.29) is 0 Å². The second-order valence-corrected chi connectivity index (χ2v) is 9.91. The molecule has 3 heterocycles. The van der Waals surface area contributed by atoms with Gasteiger partial charge in [-0.05, 0) is 54.1 Å². The molecule has 4 nitrogen and oxygen atoms in total. The van der Waals surface area contributed by atoms with Crippen molar-refractivity contribution in [3.05, 3.63) is 146 Å². The minimum absolute atomic E-state index is 0.893. The first kappa shape index (κ1) is 22.5. The van der Waals surface area contributed by atoms with E-state index in [1.54, 1.807) is 0 Å². The number of para-hydroxylation sites is 3. The Labute approximate surface area is 231 Å². The molecule has 3 aromatic heterocycles. The molecule has 0 saturated heterocycles. The normalized spacial score (nSPS) is 11.5. The van der Waals surface area contributed by atoms with Gasteiger partial charge in [-0.1, -0.05) is 84.9 Å². The summed E-state index contributed by atoms with van der Waals surface area (Å²) in [5.74, 6) is 0.893. The van der Waals surface area contributed by atoms with Gasteiger partial charge in [-0.25, -0.2) is 4.98 Å². The number of hydrogen-bond donors (Lipinski definition) is 0. The Morgan fingerprint density at radius 1 is 0.475 bits per heavy atom. The van der Waals surface area contributed by atoms with Crippen molar-refractivity contribution in [2.75, 3.05) is 0 Å². The van der Waals surface area contributed by atoms with Crippen LogP contribution in [0.15, 0.2) is 146 Å². The highest BCUT2D eigenvalue weighted by molar-refractivity contribution is 6.20. The summed E-state index contributed by atoms with van der Waals surface area (Å²) < 4.78 is 4.65. The number of hydrogen-bond acceptors (Lipinski definition) is 2. The van der Waals surface area contributed by atoms with Gasteiger partial charge in [0.1, 0.15) is 5.82 Å². The molecule has 8 aromatic rings. The molecule has 40 heavy (non-hydrogen) atoms. The van der Waals surface area contributed by atoms with E-state index in [2.05, 4.69) is 135 Å². The van der Waals surface area contributed by atoms with Crippen LogP contribution in [-0.4, -0.2) is 19.1 Å². The molecule has 0 spiro atoms. The van der Waals surface area contributed by atoms with E-state index in [0.717, 1.165) is 50.3 Å². The number of pyridine rings is 1. The Morgan fingerprint density at radius 2 is 1.15 bits per heavy atom. The van der Waals surface area contributed by atoms with E-state index >= 15 is 0 Å². The number of fused-ring (bicyclic) bond motifs is 5. The van der Waals surface area contributed by atoms with E-state index in [0.29, 0.717) is 0 Å². The lowest BCUT2D eigenvalue weighted by molar-refractivity contribution is 1.10. The molecule has 0 atom stereocenters. The lowest BCUT2D eigenvalue weighted by Crippen LogP contribution is -2.00. The van der Waals surface area contributed by atoms with E-state index < -0.39 is 0 Å². The highest BCUT2D eigenvalue weighted by Gasteiger charge is 2.22. The molecule has 5 aromatic carbocycles. The van der Waals surface area contributed by atoms with Crippen molar-refractivity contribution >= 4 is 32.8 Å². The van der Waals surface area contributed by atoms with Gasteiger partial charge in [-0.2, -0.15) is 0 Å². The van der Waals surface area contributed by atoms with Gasteiger partial charge in [0.2, 0.25) is 0 Å². The molecule has 0 aliphatic carbocycles.